The molecule has 0 unspecified atom stereocenters. The van der Waals surface area contributed by atoms with Crippen molar-refractivity contribution in [2.75, 3.05) is 11.8 Å². The van der Waals surface area contributed by atoms with Gasteiger partial charge in [-0.1, -0.05) is 35.3 Å². The Kier molecular flexibility index (Phi) is 8.11. The van der Waals surface area contributed by atoms with Crippen LogP contribution in [0.2, 0.25) is 10.0 Å². The minimum Gasteiger partial charge on any atom is -0.497 e. The summed E-state index contributed by atoms with van der Waals surface area (Å²) in [7, 11) is -6.45. The quantitative estimate of drug-likeness (QED) is 0.173. The number of fused-ring (bicyclic) bond motifs is 1. The van der Waals surface area contributed by atoms with E-state index in [0.717, 1.165) is 0 Å². The molecule has 3 aromatic carbocycles. The van der Waals surface area contributed by atoms with Crippen molar-refractivity contribution in [3.8, 4) is 17.4 Å². The molecule has 5 aromatic rings. The number of aromatic amines is 1. The second kappa shape index (κ2) is 11.6. The molecule has 0 aliphatic rings. The number of halogens is 2. The van der Waals surface area contributed by atoms with Crippen molar-refractivity contribution in [3.05, 3.63) is 101 Å². The highest BCUT2D eigenvalue weighted by Crippen LogP contribution is 2.35. The number of H-pyrrole nitrogens is 1. The summed E-state index contributed by atoms with van der Waals surface area (Å²) in [5.74, 6) is 1.51. The van der Waals surface area contributed by atoms with E-state index >= 15 is 0 Å². The van der Waals surface area contributed by atoms with Crippen LogP contribution < -0.4 is 18.9 Å². The molecule has 0 saturated carbocycles. The molecule has 0 spiro atoms. The lowest BCUT2D eigenvalue weighted by atomic mass is 10.2. The summed E-state index contributed by atoms with van der Waals surface area (Å²) >= 11 is 12.3. The van der Waals surface area contributed by atoms with Crippen molar-refractivity contribution in [1.29, 1.82) is 0 Å². The largest absolute Gasteiger partial charge is 0.497 e. The Hall–Kier alpha value is -3.81. The molecule has 0 fully saturated rings. The predicted octanol–water partition coefficient (Wildman–Crippen LogP) is 5.95. The monoisotopic (exact) mass is 632 g/mol. The van der Waals surface area contributed by atoms with Crippen molar-refractivity contribution in [2.24, 2.45) is 0 Å². The molecule has 0 radical (unpaired) electrons. The zero-order valence-electron chi connectivity index (χ0n) is 21.3. The Labute approximate surface area is 246 Å². The molecule has 0 atom stereocenters. The number of nitrogens with one attached hydrogen (secondary N) is 3. The first kappa shape index (κ1) is 28.7. The maximum absolute atomic E-state index is 13.0. The zero-order chi connectivity index (χ0) is 29.2. The molecule has 0 aliphatic carbocycles. The number of pyridine rings is 1. The van der Waals surface area contributed by atoms with E-state index in [1.165, 1.54) is 48.8 Å². The van der Waals surface area contributed by atoms with E-state index in [9.17, 15) is 16.8 Å². The van der Waals surface area contributed by atoms with Crippen LogP contribution in [0.1, 0.15) is 5.56 Å². The van der Waals surface area contributed by atoms with Crippen molar-refractivity contribution < 1.29 is 26.3 Å². The third-order valence-corrected chi connectivity index (χ3v) is 9.36. The molecule has 5 rings (SSSR count). The Morgan fingerprint density at radius 2 is 1.56 bits per heavy atom. The number of rotatable bonds is 10. The van der Waals surface area contributed by atoms with Gasteiger partial charge in [-0.25, -0.2) is 26.5 Å². The highest BCUT2D eigenvalue weighted by Gasteiger charge is 2.20. The second-order valence-corrected chi connectivity index (χ2v) is 12.9. The summed E-state index contributed by atoms with van der Waals surface area (Å²) in [6.07, 6.45) is 2.99. The molecule has 41 heavy (non-hydrogen) atoms. The lowest BCUT2D eigenvalue weighted by Crippen LogP contribution is -2.23. The van der Waals surface area contributed by atoms with Crippen molar-refractivity contribution in [1.82, 2.24) is 14.7 Å². The van der Waals surface area contributed by atoms with Crippen LogP contribution in [-0.4, -0.2) is 33.9 Å². The molecular formula is C27H22Cl2N4O6S2. The topological polar surface area (TPSA) is 139 Å². The van der Waals surface area contributed by atoms with Crippen LogP contribution in [0.3, 0.4) is 0 Å². The van der Waals surface area contributed by atoms with E-state index in [4.69, 9.17) is 32.7 Å². The number of hydrogen-bond donors (Lipinski definition) is 3. The minimum atomic E-state index is -4.06. The molecule has 212 valence electrons. The van der Waals surface area contributed by atoms with Crippen LogP contribution >= 0.6 is 23.2 Å². The third-order valence-electron chi connectivity index (χ3n) is 5.95. The van der Waals surface area contributed by atoms with E-state index in [-0.39, 0.29) is 22.0 Å². The molecule has 3 N–H and O–H groups in total. The molecular weight excluding hydrogens is 611 g/mol. The van der Waals surface area contributed by atoms with E-state index in [2.05, 4.69) is 19.4 Å². The number of sulfonamides is 2. The van der Waals surface area contributed by atoms with Gasteiger partial charge in [0.05, 0.1) is 38.2 Å². The number of benzene rings is 3. The van der Waals surface area contributed by atoms with Gasteiger partial charge in [0.25, 0.3) is 10.0 Å². The number of methoxy groups -OCH3 is 1. The SMILES string of the molecule is COc1cccc(Oc2ccc(CNS(=O)(=O)c3ccc(S(=O)(=O)Nc4ccc(Cl)c5c(Cl)c[nH]c45)cc3)cn2)c1. The fraction of sp³-hybridized carbons (Fsp3) is 0.0741. The number of nitrogens with zero attached hydrogens (tertiary/aromatic N) is 1. The summed E-state index contributed by atoms with van der Waals surface area (Å²) in [6.45, 7) is -0.0400. The van der Waals surface area contributed by atoms with E-state index < -0.39 is 20.0 Å². The molecule has 2 aromatic heterocycles. The molecule has 0 saturated heterocycles. The number of aromatic nitrogens is 2. The Balaban J connectivity index is 1.24. The van der Waals surface area contributed by atoms with Gasteiger partial charge in [0.15, 0.2) is 0 Å². The van der Waals surface area contributed by atoms with Gasteiger partial charge in [0.2, 0.25) is 15.9 Å². The maximum Gasteiger partial charge on any atom is 0.261 e. The Morgan fingerprint density at radius 3 is 2.24 bits per heavy atom. The first-order valence-electron chi connectivity index (χ1n) is 11.9. The number of hydrogen-bond acceptors (Lipinski definition) is 7. The summed E-state index contributed by atoms with van der Waals surface area (Å²) in [5.41, 5.74) is 1.25. The summed E-state index contributed by atoms with van der Waals surface area (Å²) in [6, 6.07) is 18.2. The van der Waals surface area contributed by atoms with E-state index in [1.807, 2.05) is 0 Å². The fourth-order valence-corrected chi connectivity index (χ4v) is 6.53. The third kappa shape index (κ3) is 6.42. The Bertz CT molecular complexity index is 1930. The molecule has 0 aliphatic heterocycles. The highest BCUT2D eigenvalue weighted by molar-refractivity contribution is 7.92. The molecule has 10 nitrogen and oxygen atoms in total. The molecule has 14 heteroatoms. The predicted molar refractivity (Wildman–Crippen MR) is 157 cm³/mol. The summed E-state index contributed by atoms with van der Waals surface area (Å²) < 4.78 is 67.5. The standard InChI is InChI=1S/C27H22Cl2N4O6S2/c1-38-18-3-2-4-19(13-18)39-25-12-5-17(14-30-25)15-32-40(34,35)20-6-8-21(9-7-20)41(36,37)33-24-11-10-22(28)26-23(29)16-31-27(24)26/h2-14,16,31-33H,15H2,1H3. The van der Waals surface area contributed by atoms with Gasteiger partial charge in [-0.05, 0) is 54.1 Å². The van der Waals surface area contributed by atoms with Gasteiger partial charge in [-0.2, -0.15) is 0 Å². The average molecular weight is 634 g/mol. The number of anilines is 1. The van der Waals surface area contributed by atoms with Crippen LogP contribution in [0, 0.1) is 0 Å². The minimum absolute atomic E-state index is 0.0400. The second-order valence-electron chi connectivity index (χ2n) is 8.67. The van der Waals surface area contributed by atoms with Crippen LogP contribution in [0.4, 0.5) is 5.69 Å². The average Bonchev–Trinajstić information content (AvgIpc) is 3.37. The number of ether oxygens (including phenoxy) is 2. The highest BCUT2D eigenvalue weighted by atomic mass is 35.5. The molecule has 0 amide bonds. The van der Waals surface area contributed by atoms with Gasteiger partial charge in [0, 0.05) is 36.5 Å². The molecule has 0 bridgehead atoms. The zero-order valence-corrected chi connectivity index (χ0v) is 24.4. The lowest BCUT2D eigenvalue weighted by molar-refractivity contribution is 0.407. The van der Waals surface area contributed by atoms with Crippen LogP contribution in [0.5, 0.6) is 17.4 Å². The van der Waals surface area contributed by atoms with Crippen LogP contribution in [0.25, 0.3) is 10.9 Å². The van der Waals surface area contributed by atoms with Crippen LogP contribution in [-0.2, 0) is 26.6 Å². The van der Waals surface area contributed by atoms with Crippen LogP contribution in [0.15, 0.2) is 95.0 Å². The van der Waals surface area contributed by atoms with Crippen molar-refractivity contribution in [2.45, 2.75) is 16.3 Å². The Morgan fingerprint density at radius 1 is 0.854 bits per heavy atom. The lowest BCUT2D eigenvalue weighted by Gasteiger charge is -2.11. The fourth-order valence-electron chi connectivity index (χ4n) is 3.88. The van der Waals surface area contributed by atoms with E-state index in [1.54, 1.807) is 43.5 Å². The van der Waals surface area contributed by atoms with Gasteiger partial charge in [-0.3, -0.25) is 4.72 Å². The van der Waals surface area contributed by atoms with Gasteiger partial charge < -0.3 is 14.5 Å². The first-order chi connectivity index (χ1) is 19.6. The first-order valence-corrected chi connectivity index (χ1v) is 15.6. The van der Waals surface area contributed by atoms with E-state index in [0.29, 0.717) is 43.9 Å². The van der Waals surface area contributed by atoms with Gasteiger partial charge in [0.1, 0.15) is 11.5 Å². The van der Waals surface area contributed by atoms with Gasteiger partial charge in [-0.15, -0.1) is 0 Å². The van der Waals surface area contributed by atoms with Crippen molar-refractivity contribution >= 4 is 59.8 Å². The van der Waals surface area contributed by atoms with Crippen molar-refractivity contribution in [3.63, 3.8) is 0 Å². The smallest absolute Gasteiger partial charge is 0.261 e. The maximum atomic E-state index is 13.0. The van der Waals surface area contributed by atoms with Gasteiger partial charge >= 0.3 is 0 Å². The summed E-state index contributed by atoms with van der Waals surface area (Å²) in [4.78, 5) is 6.88. The molecule has 2 heterocycles. The normalized spacial score (nSPS) is 11.9. The summed E-state index contributed by atoms with van der Waals surface area (Å²) in [5, 5.41) is 1.20.